The molecule has 0 atom stereocenters. The van der Waals surface area contributed by atoms with E-state index in [0.717, 1.165) is 6.26 Å². The first-order valence-corrected chi connectivity index (χ1v) is 8.22. The second kappa shape index (κ2) is 7.33. The molecule has 1 amide bonds. The molecule has 1 N–H and O–H groups in total. The van der Waals surface area contributed by atoms with E-state index in [1.807, 2.05) is 0 Å². The van der Waals surface area contributed by atoms with Crippen molar-refractivity contribution in [2.24, 2.45) is 0 Å². The molecule has 0 fully saturated rings. The Morgan fingerprint density at radius 2 is 2.10 bits per heavy atom. The van der Waals surface area contributed by atoms with Gasteiger partial charge in [-0.15, -0.1) is 0 Å². The Balaban J connectivity index is 2.64. The van der Waals surface area contributed by atoms with Gasteiger partial charge in [-0.3, -0.25) is 4.79 Å². The third-order valence-corrected chi connectivity index (χ3v) is 3.54. The molecular weight excluding hydrogens is 295 g/mol. The lowest BCUT2D eigenvalue weighted by Crippen LogP contribution is -2.35. The van der Waals surface area contributed by atoms with Crippen LogP contribution in [0.2, 0.25) is 0 Å². The number of sulfonamides is 1. The topological polar surface area (TPSA) is 66.5 Å². The molecule has 0 unspecified atom stereocenters. The second-order valence-corrected chi connectivity index (χ2v) is 6.60. The molecule has 0 bridgehead atoms. The number of hydrogen-bond acceptors (Lipinski definition) is 3. The average Bonchev–Trinajstić information content (AvgIpc) is 2.36. The van der Waals surface area contributed by atoms with Gasteiger partial charge in [0, 0.05) is 26.2 Å². The molecule has 1 aromatic rings. The van der Waals surface area contributed by atoms with Crippen molar-refractivity contribution in [1.82, 2.24) is 9.62 Å². The van der Waals surface area contributed by atoms with E-state index in [1.54, 1.807) is 26.1 Å². The number of nitrogens with one attached hydrogen (secondary N) is 1. The minimum atomic E-state index is -3.26. The Labute approximate surface area is 124 Å². The molecule has 5 nitrogen and oxygen atoms in total. The van der Waals surface area contributed by atoms with Crippen LogP contribution in [0, 0.1) is 5.82 Å². The summed E-state index contributed by atoms with van der Waals surface area (Å²) in [5.41, 5.74) is 1.27. The largest absolute Gasteiger partial charge is 0.341 e. The van der Waals surface area contributed by atoms with Gasteiger partial charge in [-0.2, -0.15) is 0 Å². The number of likely N-dealkylation sites (N-methyl/N-ethyl adjacent to an activating group) is 1. The molecule has 21 heavy (non-hydrogen) atoms. The predicted molar refractivity (Wildman–Crippen MR) is 80.5 cm³/mol. The maximum atomic E-state index is 13.1. The van der Waals surface area contributed by atoms with Crippen molar-refractivity contribution in [3.8, 4) is 0 Å². The fourth-order valence-electron chi connectivity index (χ4n) is 1.62. The van der Waals surface area contributed by atoms with Crippen molar-refractivity contribution < 1.29 is 17.6 Å². The molecule has 116 valence electrons. The highest BCUT2D eigenvalue weighted by molar-refractivity contribution is 7.88. The van der Waals surface area contributed by atoms with E-state index in [-0.39, 0.29) is 24.8 Å². The minimum Gasteiger partial charge on any atom is -0.341 e. The normalized spacial score (nSPS) is 12.3. The number of rotatable bonds is 6. The van der Waals surface area contributed by atoms with Gasteiger partial charge < -0.3 is 4.90 Å². The molecule has 0 radical (unpaired) electrons. The molecule has 0 heterocycles. The fraction of sp³-hybridized carbons (Fsp3) is 0.357. The SMILES string of the molecule is CC(=CC(=O)N(C)CCNS(C)(=O)=O)c1cccc(F)c1. The summed E-state index contributed by atoms with van der Waals surface area (Å²) in [6.45, 7) is 2.11. The number of carbonyl (C=O) groups excluding carboxylic acids is 1. The van der Waals surface area contributed by atoms with Crippen molar-refractivity contribution in [3.63, 3.8) is 0 Å². The predicted octanol–water partition coefficient (Wildman–Crippen LogP) is 1.24. The van der Waals surface area contributed by atoms with Crippen LogP contribution in [0.5, 0.6) is 0 Å². The van der Waals surface area contributed by atoms with Crippen molar-refractivity contribution in [2.75, 3.05) is 26.4 Å². The molecule has 0 spiro atoms. The highest BCUT2D eigenvalue weighted by Gasteiger charge is 2.08. The maximum Gasteiger partial charge on any atom is 0.246 e. The molecule has 1 rings (SSSR count). The summed E-state index contributed by atoms with van der Waals surface area (Å²) in [7, 11) is -1.69. The van der Waals surface area contributed by atoms with E-state index in [1.165, 1.54) is 23.1 Å². The average molecular weight is 314 g/mol. The second-order valence-electron chi connectivity index (χ2n) is 4.76. The smallest absolute Gasteiger partial charge is 0.246 e. The van der Waals surface area contributed by atoms with Gasteiger partial charge in [0.1, 0.15) is 5.82 Å². The van der Waals surface area contributed by atoms with E-state index in [2.05, 4.69) is 4.72 Å². The third kappa shape index (κ3) is 6.50. The summed E-state index contributed by atoms with van der Waals surface area (Å²) in [5, 5.41) is 0. The Morgan fingerprint density at radius 3 is 2.67 bits per heavy atom. The molecule has 0 saturated heterocycles. The first kappa shape index (κ1) is 17.3. The molecule has 0 aliphatic heterocycles. The van der Waals surface area contributed by atoms with Crippen LogP contribution < -0.4 is 4.72 Å². The Bertz CT molecular complexity index is 641. The Kier molecular flexibility index (Phi) is 6.04. The zero-order chi connectivity index (χ0) is 16.0. The van der Waals surface area contributed by atoms with Gasteiger partial charge >= 0.3 is 0 Å². The number of hydrogen-bond donors (Lipinski definition) is 1. The number of carbonyl (C=O) groups is 1. The summed E-state index contributed by atoms with van der Waals surface area (Å²) in [6.07, 6.45) is 2.46. The van der Waals surface area contributed by atoms with Crippen molar-refractivity contribution >= 4 is 21.5 Å². The van der Waals surface area contributed by atoms with Crippen LogP contribution in [0.15, 0.2) is 30.3 Å². The number of benzene rings is 1. The van der Waals surface area contributed by atoms with Crippen LogP contribution in [0.25, 0.3) is 5.57 Å². The van der Waals surface area contributed by atoms with Crippen LogP contribution in [0.1, 0.15) is 12.5 Å². The van der Waals surface area contributed by atoms with E-state index in [0.29, 0.717) is 11.1 Å². The Morgan fingerprint density at radius 1 is 1.43 bits per heavy atom. The van der Waals surface area contributed by atoms with Crippen LogP contribution in [0.3, 0.4) is 0 Å². The summed E-state index contributed by atoms with van der Waals surface area (Å²) in [6, 6.07) is 5.98. The van der Waals surface area contributed by atoms with Gasteiger partial charge in [0.25, 0.3) is 0 Å². The van der Waals surface area contributed by atoms with E-state index in [9.17, 15) is 17.6 Å². The summed E-state index contributed by atoms with van der Waals surface area (Å²) < 4.78 is 37.3. The van der Waals surface area contributed by atoms with Gasteiger partial charge in [0.15, 0.2) is 0 Å². The van der Waals surface area contributed by atoms with Crippen molar-refractivity contribution in [1.29, 1.82) is 0 Å². The van der Waals surface area contributed by atoms with Crippen molar-refractivity contribution in [2.45, 2.75) is 6.92 Å². The third-order valence-electron chi connectivity index (χ3n) is 2.81. The summed E-state index contributed by atoms with van der Waals surface area (Å²) in [5.74, 6) is -0.634. The van der Waals surface area contributed by atoms with Crippen LogP contribution >= 0.6 is 0 Å². The summed E-state index contributed by atoms with van der Waals surface area (Å²) in [4.78, 5) is 13.3. The number of halogens is 1. The highest BCUT2D eigenvalue weighted by atomic mass is 32.2. The maximum absolute atomic E-state index is 13.1. The molecule has 0 aliphatic carbocycles. The van der Waals surface area contributed by atoms with Gasteiger partial charge in [-0.25, -0.2) is 17.5 Å². The van der Waals surface area contributed by atoms with Gasteiger partial charge in [-0.05, 0) is 30.2 Å². The molecule has 0 aliphatic rings. The van der Waals surface area contributed by atoms with Gasteiger partial charge in [0.05, 0.1) is 6.26 Å². The lowest BCUT2D eigenvalue weighted by molar-refractivity contribution is -0.124. The van der Waals surface area contributed by atoms with E-state index >= 15 is 0 Å². The number of allylic oxidation sites excluding steroid dienone is 1. The molecule has 1 aromatic carbocycles. The van der Waals surface area contributed by atoms with E-state index < -0.39 is 10.0 Å². The molecular formula is C14H19FN2O3S. The fourth-order valence-corrected chi connectivity index (χ4v) is 2.08. The highest BCUT2D eigenvalue weighted by Crippen LogP contribution is 2.14. The van der Waals surface area contributed by atoms with Gasteiger partial charge in [-0.1, -0.05) is 12.1 Å². The van der Waals surface area contributed by atoms with Crippen molar-refractivity contribution in [3.05, 3.63) is 41.7 Å². The van der Waals surface area contributed by atoms with Crippen LogP contribution in [-0.2, 0) is 14.8 Å². The van der Waals surface area contributed by atoms with Crippen LogP contribution in [0.4, 0.5) is 4.39 Å². The van der Waals surface area contributed by atoms with Crippen LogP contribution in [-0.4, -0.2) is 45.6 Å². The molecule has 0 aromatic heterocycles. The zero-order valence-corrected chi connectivity index (χ0v) is 13.1. The quantitative estimate of drug-likeness (QED) is 0.803. The van der Waals surface area contributed by atoms with Gasteiger partial charge in [0.2, 0.25) is 15.9 Å². The first-order chi connectivity index (χ1) is 9.69. The molecule has 7 heteroatoms. The molecule has 0 saturated carbocycles. The zero-order valence-electron chi connectivity index (χ0n) is 12.3. The number of nitrogens with zero attached hydrogens (tertiary/aromatic N) is 1. The monoisotopic (exact) mass is 314 g/mol. The minimum absolute atomic E-state index is 0.147. The Hall–Kier alpha value is -1.73. The standard InChI is InChI=1S/C14H19FN2O3S/c1-11(12-5-4-6-13(15)10-12)9-14(18)17(2)8-7-16-21(3,19)20/h4-6,9-10,16H,7-8H2,1-3H3. The first-order valence-electron chi connectivity index (χ1n) is 6.33. The van der Waals surface area contributed by atoms with E-state index in [4.69, 9.17) is 0 Å². The lowest BCUT2D eigenvalue weighted by Gasteiger charge is -2.15. The lowest BCUT2D eigenvalue weighted by atomic mass is 10.1. The number of amides is 1. The summed E-state index contributed by atoms with van der Waals surface area (Å²) >= 11 is 0.